The molecule has 140 valence electrons. The van der Waals surface area contributed by atoms with E-state index in [0.717, 1.165) is 34.8 Å². The number of amides is 1. The van der Waals surface area contributed by atoms with Gasteiger partial charge in [-0.1, -0.05) is 0 Å². The lowest BCUT2D eigenvalue weighted by Gasteiger charge is -2.08. The van der Waals surface area contributed by atoms with E-state index >= 15 is 0 Å². The average molecular weight is 384 g/mol. The fourth-order valence-electron chi connectivity index (χ4n) is 2.78. The highest BCUT2D eigenvalue weighted by atomic mass is 32.1. The Morgan fingerprint density at radius 2 is 1.96 bits per heavy atom. The van der Waals surface area contributed by atoms with Crippen molar-refractivity contribution in [1.29, 1.82) is 0 Å². The van der Waals surface area contributed by atoms with Crippen molar-refractivity contribution in [2.45, 2.75) is 12.8 Å². The number of methoxy groups -OCH3 is 2. The minimum atomic E-state index is 0.0645. The second-order valence-electron chi connectivity index (χ2n) is 6.41. The monoisotopic (exact) mass is 384 g/mol. The minimum absolute atomic E-state index is 0.0645. The van der Waals surface area contributed by atoms with Crippen molar-refractivity contribution in [2.75, 3.05) is 19.5 Å². The molecule has 27 heavy (non-hydrogen) atoms. The van der Waals surface area contributed by atoms with Crippen LogP contribution in [0.15, 0.2) is 29.6 Å². The van der Waals surface area contributed by atoms with Gasteiger partial charge in [0.25, 0.3) is 0 Å². The summed E-state index contributed by atoms with van der Waals surface area (Å²) >= 11 is 1.51. The van der Waals surface area contributed by atoms with Crippen molar-refractivity contribution >= 4 is 23.1 Å². The first-order chi connectivity index (χ1) is 13.1. The Bertz CT molecular complexity index is 991. The van der Waals surface area contributed by atoms with E-state index in [0.29, 0.717) is 17.3 Å². The van der Waals surface area contributed by atoms with Gasteiger partial charge in [0, 0.05) is 30.0 Å². The van der Waals surface area contributed by atoms with Crippen LogP contribution >= 0.6 is 11.3 Å². The predicted molar refractivity (Wildman–Crippen MR) is 104 cm³/mol. The predicted octanol–water partition coefficient (Wildman–Crippen LogP) is 3.58. The second kappa shape index (κ2) is 7.03. The van der Waals surface area contributed by atoms with Crippen LogP contribution in [0.5, 0.6) is 11.5 Å². The van der Waals surface area contributed by atoms with Crippen LogP contribution in [0.25, 0.3) is 22.0 Å². The SMILES string of the molecule is COc1ccc(-c2csc(-c3cc(NC(=O)C4CC4)n(C)n3)n2)cc1OC. The fourth-order valence-corrected chi connectivity index (χ4v) is 3.57. The van der Waals surface area contributed by atoms with Gasteiger partial charge in [0.05, 0.1) is 19.9 Å². The third-order valence-corrected chi connectivity index (χ3v) is 5.35. The lowest BCUT2D eigenvalue weighted by molar-refractivity contribution is -0.117. The molecule has 0 unspecified atom stereocenters. The Morgan fingerprint density at radius 1 is 1.19 bits per heavy atom. The van der Waals surface area contributed by atoms with E-state index in [1.807, 2.05) is 36.7 Å². The van der Waals surface area contributed by atoms with Gasteiger partial charge in [0.1, 0.15) is 16.5 Å². The maximum absolute atomic E-state index is 12.0. The quantitative estimate of drug-likeness (QED) is 0.703. The maximum Gasteiger partial charge on any atom is 0.228 e. The van der Waals surface area contributed by atoms with Gasteiger partial charge in [-0.2, -0.15) is 5.10 Å². The normalized spacial score (nSPS) is 13.4. The zero-order valence-electron chi connectivity index (χ0n) is 15.4. The van der Waals surface area contributed by atoms with Crippen LogP contribution in [0.1, 0.15) is 12.8 Å². The van der Waals surface area contributed by atoms with E-state index in [1.165, 1.54) is 11.3 Å². The minimum Gasteiger partial charge on any atom is -0.493 e. The number of thiazole rings is 1. The first kappa shape index (κ1) is 17.5. The Morgan fingerprint density at radius 3 is 2.67 bits per heavy atom. The summed E-state index contributed by atoms with van der Waals surface area (Å²) < 4.78 is 12.3. The highest BCUT2D eigenvalue weighted by molar-refractivity contribution is 7.13. The van der Waals surface area contributed by atoms with Crippen LogP contribution < -0.4 is 14.8 Å². The summed E-state index contributed by atoms with van der Waals surface area (Å²) in [4.78, 5) is 16.7. The summed E-state index contributed by atoms with van der Waals surface area (Å²) in [7, 11) is 5.04. The van der Waals surface area contributed by atoms with Gasteiger partial charge in [-0.05, 0) is 31.0 Å². The Kier molecular flexibility index (Phi) is 4.57. The molecular weight excluding hydrogens is 364 g/mol. The van der Waals surface area contributed by atoms with Gasteiger partial charge >= 0.3 is 0 Å². The maximum atomic E-state index is 12.0. The molecule has 3 aromatic rings. The molecule has 2 heterocycles. The summed E-state index contributed by atoms with van der Waals surface area (Å²) in [5, 5.41) is 10.2. The van der Waals surface area contributed by atoms with E-state index < -0.39 is 0 Å². The summed E-state index contributed by atoms with van der Waals surface area (Å²) in [6.45, 7) is 0. The third-order valence-electron chi connectivity index (χ3n) is 4.48. The lowest BCUT2D eigenvalue weighted by Crippen LogP contribution is -2.15. The summed E-state index contributed by atoms with van der Waals surface area (Å²) in [5.41, 5.74) is 2.51. The van der Waals surface area contributed by atoms with Crippen LogP contribution in [-0.2, 0) is 11.8 Å². The van der Waals surface area contributed by atoms with E-state index in [2.05, 4.69) is 10.4 Å². The van der Waals surface area contributed by atoms with Crippen LogP contribution in [-0.4, -0.2) is 34.9 Å². The van der Waals surface area contributed by atoms with Gasteiger partial charge < -0.3 is 14.8 Å². The number of carbonyl (C=O) groups excluding carboxylic acids is 1. The van der Waals surface area contributed by atoms with Crippen molar-refractivity contribution in [3.8, 4) is 33.5 Å². The molecule has 8 heteroatoms. The molecule has 2 aromatic heterocycles. The van der Waals surface area contributed by atoms with E-state index in [-0.39, 0.29) is 11.8 Å². The number of aromatic nitrogens is 3. The second-order valence-corrected chi connectivity index (χ2v) is 7.27. The molecule has 0 bridgehead atoms. The average Bonchev–Trinajstić information content (AvgIpc) is 3.32. The van der Waals surface area contributed by atoms with Crippen LogP contribution in [0.2, 0.25) is 0 Å². The number of nitrogens with one attached hydrogen (secondary N) is 1. The molecule has 0 radical (unpaired) electrons. The van der Waals surface area contributed by atoms with E-state index in [4.69, 9.17) is 14.5 Å². The summed E-state index contributed by atoms with van der Waals surface area (Å²) in [6.07, 6.45) is 1.94. The molecule has 1 saturated carbocycles. The number of benzene rings is 1. The number of hydrogen-bond donors (Lipinski definition) is 1. The molecule has 1 aliphatic rings. The zero-order chi connectivity index (χ0) is 19.0. The lowest BCUT2D eigenvalue weighted by atomic mass is 10.1. The van der Waals surface area contributed by atoms with Crippen molar-refractivity contribution in [1.82, 2.24) is 14.8 Å². The molecule has 1 aromatic carbocycles. The largest absolute Gasteiger partial charge is 0.493 e. The molecule has 1 amide bonds. The number of hydrogen-bond acceptors (Lipinski definition) is 6. The third kappa shape index (κ3) is 3.52. The zero-order valence-corrected chi connectivity index (χ0v) is 16.2. The summed E-state index contributed by atoms with van der Waals surface area (Å²) in [6, 6.07) is 7.56. The standard InChI is InChI=1S/C19H20N4O3S/c1-23-17(21-18(24)11-4-5-11)9-13(22-23)19-20-14(10-27-19)12-6-7-15(25-2)16(8-12)26-3/h6-11H,4-5H2,1-3H3,(H,21,24). The number of ether oxygens (including phenoxy) is 2. The number of anilines is 1. The molecule has 0 atom stereocenters. The molecule has 0 spiro atoms. The topological polar surface area (TPSA) is 78.3 Å². The smallest absolute Gasteiger partial charge is 0.228 e. The molecule has 7 nitrogen and oxygen atoms in total. The first-order valence-corrected chi connectivity index (χ1v) is 9.50. The van der Waals surface area contributed by atoms with Gasteiger partial charge in [-0.3, -0.25) is 9.48 Å². The molecule has 0 saturated heterocycles. The number of rotatable bonds is 6. The molecular formula is C19H20N4O3S. The van der Waals surface area contributed by atoms with E-state index in [9.17, 15) is 4.79 Å². The van der Waals surface area contributed by atoms with Gasteiger partial charge in [-0.15, -0.1) is 11.3 Å². The number of nitrogens with zero attached hydrogens (tertiary/aromatic N) is 3. The molecule has 1 N–H and O–H groups in total. The number of aryl methyl sites for hydroxylation is 1. The summed E-state index contributed by atoms with van der Waals surface area (Å²) in [5.74, 6) is 2.24. The van der Waals surface area contributed by atoms with Crippen LogP contribution in [0.3, 0.4) is 0 Å². The van der Waals surface area contributed by atoms with Crippen molar-refractivity contribution in [3.05, 3.63) is 29.6 Å². The van der Waals surface area contributed by atoms with Crippen LogP contribution in [0.4, 0.5) is 5.82 Å². The van der Waals surface area contributed by atoms with Crippen molar-refractivity contribution in [2.24, 2.45) is 13.0 Å². The first-order valence-electron chi connectivity index (χ1n) is 8.62. The van der Waals surface area contributed by atoms with Crippen molar-refractivity contribution in [3.63, 3.8) is 0 Å². The van der Waals surface area contributed by atoms with Gasteiger partial charge in [0.2, 0.25) is 5.91 Å². The Hall–Kier alpha value is -2.87. The molecule has 4 rings (SSSR count). The molecule has 0 aliphatic heterocycles. The Balaban J connectivity index is 1.58. The molecule has 1 fully saturated rings. The number of carbonyl (C=O) groups is 1. The fraction of sp³-hybridized carbons (Fsp3) is 0.316. The highest BCUT2D eigenvalue weighted by Crippen LogP contribution is 2.35. The van der Waals surface area contributed by atoms with E-state index in [1.54, 1.807) is 18.9 Å². The van der Waals surface area contributed by atoms with Gasteiger partial charge in [-0.25, -0.2) is 4.98 Å². The van der Waals surface area contributed by atoms with Crippen molar-refractivity contribution < 1.29 is 14.3 Å². The Labute approximate surface area is 161 Å². The van der Waals surface area contributed by atoms with Crippen LogP contribution in [0, 0.1) is 5.92 Å². The molecule has 1 aliphatic carbocycles. The van der Waals surface area contributed by atoms with Gasteiger partial charge in [0.15, 0.2) is 11.5 Å². The highest BCUT2D eigenvalue weighted by Gasteiger charge is 2.30.